The van der Waals surface area contributed by atoms with E-state index < -0.39 is 36.6 Å². The van der Waals surface area contributed by atoms with Crippen LogP contribution in [0.15, 0.2) is 12.1 Å². The van der Waals surface area contributed by atoms with Gasteiger partial charge in [0.1, 0.15) is 0 Å². The third-order valence-electron chi connectivity index (χ3n) is 4.77. The van der Waals surface area contributed by atoms with Gasteiger partial charge in [-0.1, -0.05) is 19.8 Å². The first-order valence-electron chi connectivity index (χ1n) is 9.38. The molecule has 158 valence electrons. The molecule has 0 aliphatic carbocycles. The number of benzene rings is 1. The van der Waals surface area contributed by atoms with E-state index in [0.29, 0.717) is 19.1 Å². The third-order valence-corrected chi connectivity index (χ3v) is 4.77. The molecule has 0 atom stereocenters. The average Bonchev–Trinajstić information content (AvgIpc) is 2.69. The molecule has 0 saturated carbocycles. The summed E-state index contributed by atoms with van der Waals surface area (Å²) in [6.45, 7) is 0.479. The van der Waals surface area contributed by atoms with Crippen molar-refractivity contribution >= 4 is 0 Å². The summed E-state index contributed by atoms with van der Waals surface area (Å²) >= 11 is 0. The van der Waals surface area contributed by atoms with E-state index in [1.165, 1.54) is 0 Å². The Labute approximate surface area is 160 Å². The summed E-state index contributed by atoms with van der Waals surface area (Å²) < 4.78 is 78.6. The van der Waals surface area contributed by atoms with Gasteiger partial charge >= 0.3 is 6.61 Å². The van der Waals surface area contributed by atoms with Crippen LogP contribution < -0.4 is 4.74 Å². The second-order valence-corrected chi connectivity index (χ2v) is 6.99. The lowest BCUT2D eigenvalue weighted by Crippen LogP contribution is -2.43. The van der Waals surface area contributed by atoms with Gasteiger partial charge in [0.2, 0.25) is 0 Å². The quantitative estimate of drug-likeness (QED) is 0.626. The molecule has 2 saturated heterocycles. The zero-order chi connectivity index (χ0) is 20.1. The second-order valence-electron chi connectivity index (χ2n) is 6.99. The molecule has 0 radical (unpaired) electrons. The number of unbranched alkanes of at least 4 members (excludes halogenated alkanes) is 1. The highest BCUT2D eigenvalue weighted by Crippen LogP contribution is 2.33. The van der Waals surface area contributed by atoms with Gasteiger partial charge in [0, 0.05) is 11.5 Å². The summed E-state index contributed by atoms with van der Waals surface area (Å²) in [7, 11) is 0. The molecular weight excluding hydrogens is 384 g/mol. The molecule has 0 bridgehead atoms. The molecule has 2 fully saturated rings. The van der Waals surface area contributed by atoms with E-state index >= 15 is 0 Å². The number of hydrogen-bond acceptors (Lipinski definition) is 5. The van der Waals surface area contributed by atoms with Crippen molar-refractivity contribution in [3.05, 3.63) is 29.3 Å². The van der Waals surface area contributed by atoms with Crippen LogP contribution in [0.2, 0.25) is 0 Å². The minimum absolute atomic E-state index is 0.0418. The van der Waals surface area contributed by atoms with Crippen LogP contribution in [0.3, 0.4) is 0 Å². The fraction of sp³-hybridized carbons (Fsp3) is 0.684. The van der Waals surface area contributed by atoms with Gasteiger partial charge in [0.05, 0.1) is 32.3 Å². The number of alkyl halides is 2. The smallest absolute Gasteiger partial charge is 0.387 e. The monoisotopic (exact) mass is 408 g/mol. The van der Waals surface area contributed by atoms with Gasteiger partial charge in [0.15, 0.2) is 30.0 Å². The first kappa shape index (κ1) is 21.3. The van der Waals surface area contributed by atoms with E-state index in [9.17, 15) is 17.6 Å². The van der Waals surface area contributed by atoms with Crippen molar-refractivity contribution in [1.29, 1.82) is 0 Å². The normalized spacial score (nSPS) is 28.5. The Kier molecular flexibility index (Phi) is 7.50. The third kappa shape index (κ3) is 5.34. The molecule has 0 spiro atoms. The summed E-state index contributed by atoms with van der Waals surface area (Å²) in [5.41, 5.74) is 0.0418. The average molecular weight is 408 g/mol. The number of rotatable bonds is 7. The SMILES string of the molecule is CCCCC1COC(C2COC(c3cc(F)c(OC(F)F)c(F)c3)OC2)OC1. The molecule has 1 aromatic rings. The number of ether oxygens (including phenoxy) is 5. The molecular formula is C19H24F4O5. The Balaban J connectivity index is 1.52. The molecule has 9 heteroatoms. The molecule has 0 N–H and O–H groups in total. The van der Waals surface area contributed by atoms with E-state index in [0.717, 1.165) is 31.4 Å². The highest BCUT2D eigenvalue weighted by molar-refractivity contribution is 5.32. The lowest BCUT2D eigenvalue weighted by Gasteiger charge is -2.37. The largest absolute Gasteiger partial charge is 0.429 e. The summed E-state index contributed by atoms with van der Waals surface area (Å²) in [6.07, 6.45) is 1.86. The predicted molar refractivity (Wildman–Crippen MR) is 89.8 cm³/mol. The Morgan fingerprint density at radius 1 is 1.00 bits per heavy atom. The standard InChI is InChI=1S/C19H24F4O5/c1-2-3-4-11-7-24-18(25-8-11)13-9-26-17(27-10-13)12-5-14(20)16(15(21)6-12)28-19(22)23/h5-6,11,13,17-19H,2-4,7-10H2,1H3. The van der Waals surface area contributed by atoms with Crippen molar-refractivity contribution < 1.29 is 41.2 Å². The molecule has 2 heterocycles. The molecule has 1 aromatic carbocycles. The minimum Gasteiger partial charge on any atom is -0.429 e. The van der Waals surface area contributed by atoms with E-state index in [1.54, 1.807) is 0 Å². The summed E-state index contributed by atoms with van der Waals surface area (Å²) in [5, 5.41) is 0. The highest BCUT2D eigenvalue weighted by Gasteiger charge is 2.34. The number of halogens is 4. The maximum atomic E-state index is 13.9. The van der Waals surface area contributed by atoms with Crippen molar-refractivity contribution in [3.63, 3.8) is 0 Å². The Bertz CT molecular complexity index is 606. The van der Waals surface area contributed by atoms with Gasteiger partial charge in [-0.15, -0.1) is 0 Å². The summed E-state index contributed by atoms with van der Waals surface area (Å²) in [6, 6.07) is 1.72. The number of hydrogen-bond donors (Lipinski definition) is 0. The zero-order valence-electron chi connectivity index (χ0n) is 15.5. The van der Waals surface area contributed by atoms with Crippen LogP contribution in [0, 0.1) is 23.5 Å². The van der Waals surface area contributed by atoms with E-state index in [2.05, 4.69) is 11.7 Å². The van der Waals surface area contributed by atoms with Crippen LogP contribution in [0.1, 0.15) is 38.0 Å². The van der Waals surface area contributed by atoms with Crippen LogP contribution in [-0.4, -0.2) is 39.3 Å². The van der Waals surface area contributed by atoms with Crippen LogP contribution in [0.25, 0.3) is 0 Å². The topological polar surface area (TPSA) is 46.2 Å². The van der Waals surface area contributed by atoms with E-state index in [-0.39, 0.29) is 24.7 Å². The maximum Gasteiger partial charge on any atom is 0.387 e. The van der Waals surface area contributed by atoms with Gasteiger partial charge in [-0.3, -0.25) is 0 Å². The summed E-state index contributed by atoms with van der Waals surface area (Å²) in [5.74, 6) is -3.41. The van der Waals surface area contributed by atoms with Crippen LogP contribution in [0.4, 0.5) is 17.6 Å². The maximum absolute atomic E-state index is 13.9. The molecule has 2 aliphatic heterocycles. The molecule has 0 amide bonds. The van der Waals surface area contributed by atoms with Gasteiger partial charge in [-0.2, -0.15) is 8.78 Å². The van der Waals surface area contributed by atoms with Gasteiger partial charge in [0.25, 0.3) is 0 Å². The van der Waals surface area contributed by atoms with E-state index in [4.69, 9.17) is 18.9 Å². The summed E-state index contributed by atoms with van der Waals surface area (Å²) in [4.78, 5) is 0. The van der Waals surface area contributed by atoms with Gasteiger partial charge in [-0.05, 0) is 18.6 Å². The molecule has 28 heavy (non-hydrogen) atoms. The van der Waals surface area contributed by atoms with Crippen molar-refractivity contribution in [2.45, 2.75) is 45.4 Å². The van der Waals surface area contributed by atoms with Crippen molar-refractivity contribution in [2.75, 3.05) is 26.4 Å². The molecule has 5 nitrogen and oxygen atoms in total. The van der Waals surface area contributed by atoms with Crippen molar-refractivity contribution in [3.8, 4) is 5.75 Å². The molecule has 2 aliphatic rings. The minimum atomic E-state index is -3.32. The van der Waals surface area contributed by atoms with Crippen LogP contribution >= 0.6 is 0 Å². The first-order chi connectivity index (χ1) is 13.5. The Morgan fingerprint density at radius 3 is 2.14 bits per heavy atom. The predicted octanol–water partition coefficient (Wildman–Crippen LogP) is 4.41. The van der Waals surface area contributed by atoms with Crippen LogP contribution in [0.5, 0.6) is 5.75 Å². The first-order valence-corrected chi connectivity index (χ1v) is 9.38. The van der Waals surface area contributed by atoms with Crippen molar-refractivity contribution in [2.24, 2.45) is 11.8 Å². The lowest BCUT2D eigenvalue weighted by atomic mass is 10.0. The lowest BCUT2D eigenvalue weighted by molar-refractivity contribution is -0.283. The van der Waals surface area contributed by atoms with Gasteiger partial charge in [-0.25, -0.2) is 8.78 Å². The highest BCUT2D eigenvalue weighted by atomic mass is 19.3. The molecule has 3 rings (SSSR count). The molecule has 0 unspecified atom stereocenters. The Hall–Kier alpha value is -1.42. The van der Waals surface area contributed by atoms with Crippen molar-refractivity contribution in [1.82, 2.24) is 0 Å². The fourth-order valence-electron chi connectivity index (χ4n) is 3.27. The van der Waals surface area contributed by atoms with Crippen LogP contribution in [-0.2, 0) is 18.9 Å². The Morgan fingerprint density at radius 2 is 1.61 bits per heavy atom. The van der Waals surface area contributed by atoms with Gasteiger partial charge < -0.3 is 23.7 Å². The van der Waals surface area contributed by atoms with E-state index in [1.807, 2.05) is 0 Å². The zero-order valence-corrected chi connectivity index (χ0v) is 15.5. The fourth-order valence-corrected chi connectivity index (χ4v) is 3.27. The molecule has 0 aromatic heterocycles. The second kappa shape index (κ2) is 9.87.